The van der Waals surface area contributed by atoms with Gasteiger partial charge >= 0.3 is 0 Å². The molecule has 2 aromatic rings. The fourth-order valence-corrected chi connectivity index (χ4v) is 2.05. The number of aryl methyl sites for hydroxylation is 1. The van der Waals surface area contributed by atoms with Gasteiger partial charge in [0.15, 0.2) is 0 Å². The van der Waals surface area contributed by atoms with Gasteiger partial charge in [-0.1, -0.05) is 6.92 Å². The lowest BCUT2D eigenvalue weighted by Gasteiger charge is -2.10. The lowest BCUT2D eigenvalue weighted by atomic mass is 10.2. The zero-order chi connectivity index (χ0) is 15.2. The van der Waals surface area contributed by atoms with E-state index in [2.05, 4.69) is 15.8 Å². The SMILES string of the molecule is CCc1nc(Oc2ccc(NS(=O)[O-])cc2)ccc1C#N. The van der Waals surface area contributed by atoms with Crippen LogP contribution in [0, 0.1) is 11.3 Å². The number of ether oxygens (including phenoxy) is 1. The van der Waals surface area contributed by atoms with E-state index in [1.165, 1.54) is 0 Å². The Morgan fingerprint density at radius 3 is 2.62 bits per heavy atom. The Hall–Kier alpha value is -2.43. The second-order valence-corrected chi connectivity index (χ2v) is 4.75. The van der Waals surface area contributed by atoms with E-state index in [0.29, 0.717) is 35.0 Å². The fourth-order valence-electron chi connectivity index (χ4n) is 1.72. The molecule has 0 aliphatic heterocycles. The molecule has 0 aliphatic carbocycles. The first kappa shape index (κ1) is 15.0. The average molecular weight is 302 g/mol. The zero-order valence-electron chi connectivity index (χ0n) is 11.2. The van der Waals surface area contributed by atoms with Gasteiger partial charge in [-0.2, -0.15) is 5.26 Å². The van der Waals surface area contributed by atoms with Crippen LogP contribution in [0.1, 0.15) is 18.2 Å². The molecule has 1 aromatic carbocycles. The molecule has 21 heavy (non-hydrogen) atoms. The average Bonchev–Trinajstić information content (AvgIpc) is 2.48. The van der Waals surface area contributed by atoms with E-state index in [1.807, 2.05) is 6.92 Å². The first-order chi connectivity index (χ1) is 10.1. The number of hydrogen-bond acceptors (Lipinski definition) is 5. The van der Waals surface area contributed by atoms with Gasteiger partial charge in [0.1, 0.15) is 11.8 Å². The largest absolute Gasteiger partial charge is 0.755 e. The smallest absolute Gasteiger partial charge is 0.219 e. The third-order valence-electron chi connectivity index (χ3n) is 2.68. The zero-order valence-corrected chi connectivity index (χ0v) is 12.0. The minimum atomic E-state index is -2.35. The maximum Gasteiger partial charge on any atom is 0.219 e. The molecule has 0 saturated carbocycles. The van der Waals surface area contributed by atoms with E-state index >= 15 is 0 Å². The first-order valence-electron chi connectivity index (χ1n) is 6.16. The van der Waals surface area contributed by atoms with E-state index in [-0.39, 0.29) is 0 Å². The highest BCUT2D eigenvalue weighted by atomic mass is 32.2. The molecule has 1 unspecified atom stereocenters. The van der Waals surface area contributed by atoms with Crippen molar-refractivity contribution in [3.05, 3.63) is 47.7 Å². The number of anilines is 1. The second kappa shape index (κ2) is 6.83. The minimum absolute atomic E-state index is 0.388. The molecule has 7 heteroatoms. The van der Waals surface area contributed by atoms with E-state index in [1.54, 1.807) is 36.4 Å². The predicted octanol–water partition coefficient (Wildman–Crippen LogP) is 2.51. The summed E-state index contributed by atoms with van der Waals surface area (Å²) in [6.45, 7) is 1.91. The van der Waals surface area contributed by atoms with Crippen LogP contribution in [0.2, 0.25) is 0 Å². The minimum Gasteiger partial charge on any atom is -0.755 e. The van der Waals surface area contributed by atoms with Crippen LogP contribution in [0.4, 0.5) is 5.69 Å². The van der Waals surface area contributed by atoms with Crippen molar-refractivity contribution in [1.29, 1.82) is 5.26 Å². The number of hydrogen-bond donors (Lipinski definition) is 1. The monoisotopic (exact) mass is 302 g/mol. The molecule has 0 bridgehead atoms. The maximum atomic E-state index is 10.5. The molecule has 1 N–H and O–H groups in total. The normalized spacial score (nSPS) is 11.5. The summed E-state index contributed by atoms with van der Waals surface area (Å²) in [6, 6.07) is 11.8. The number of nitriles is 1. The number of benzene rings is 1. The van der Waals surface area contributed by atoms with Gasteiger partial charge in [-0.3, -0.25) is 4.21 Å². The topological polar surface area (TPSA) is 98.1 Å². The Bertz CT molecular complexity index is 696. The van der Waals surface area contributed by atoms with E-state index in [4.69, 9.17) is 10.00 Å². The summed E-state index contributed by atoms with van der Waals surface area (Å²) in [5.74, 6) is 0.912. The summed E-state index contributed by atoms with van der Waals surface area (Å²) in [7, 11) is 0. The number of nitrogens with one attached hydrogen (secondary N) is 1. The van der Waals surface area contributed by atoms with Crippen molar-refractivity contribution in [3.63, 3.8) is 0 Å². The molecule has 0 fully saturated rings. The molecule has 108 valence electrons. The second-order valence-electron chi connectivity index (χ2n) is 4.07. The summed E-state index contributed by atoms with van der Waals surface area (Å²) in [5.41, 5.74) is 1.65. The lowest BCUT2D eigenvalue weighted by Crippen LogP contribution is -2.01. The van der Waals surface area contributed by atoms with Crippen molar-refractivity contribution in [3.8, 4) is 17.7 Å². The number of rotatable bonds is 5. The molecular weight excluding hydrogens is 290 g/mol. The molecule has 1 aromatic heterocycles. The van der Waals surface area contributed by atoms with Crippen molar-refractivity contribution >= 4 is 17.0 Å². The predicted molar refractivity (Wildman–Crippen MR) is 77.4 cm³/mol. The summed E-state index contributed by atoms with van der Waals surface area (Å²) in [4.78, 5) is 4.27. The highest BCUT2D eigenvalue weighted by Gasteiger charge is 2.05. The summed E-state index contributed by atoms with van der Waals surface area (Å²) < 4.78 is 28.8. The molecule has 1 heterocycles. The van der Waals surface area contributed by atoms with Crippen molar-refractivity contribution in [2.45, 2.75) is 13.3 Å². The molecule has 0 saturated heterocycles. The molecule has 0 radical (unpaired) electrons. The highest BCUT2D eigenvalue weighted by molar-refractivity contribution is 7.80. The third kappa shape index (κ3) is 4.02. The van der Waals surface area contributed by atoms with E-state index in [0.717, 1.165) is 0 Å². The van der Waals surface area contributed by atoms with Crippen molar-refractivity contribution in [2.75, 3.05) is 4.72 Å². The standard InChI is InChI=1S/C14H13N3O3S/c1-2-13-10(9-15)3-8-14(16-13)20-12-6-4-11(5-7-12)17-21(18)19/h3-8,17H,2H2,1H3,(H,18,19)/p-1. The van der Waals surface area contributed by atoms with Crippen LogP contribution in [0.25, 0.3) is 0 Å². The lowest BCUT2D eigenvalue weighted by molar-refractivity contribution is 0.461. The van der Waals surface area contributed by atoms with Crippen LogP contribution >= 0.6 is 0 Å². The van der Waals surface area contributed by atoms with Gasteiger partial charge in [0.25, 0.3) is 0 Å². The van der Waals surface area contributed by atoms with Crippen LogP contribution < -0.4 is 9.46 Å². The third-order valence-corrected chi connectivity index (χ3v) is 3.08. The Balaban J connectivity index is 2.15. The Morgan fingerprint density at radius 2 is 2.05 bits per heavy atom. The van der Waals surface area contributed by atoms with Gasteiger partial charge in [0.05, 0.1) is 11.3 Å². The van der Waals surface area contributed by atoms with Gasteiger partial charge in [-0.25, -0.2) is 4.98 Å². The Labute approximate surface area is 124 Å². The quantitative estimate of drug-likeness (QED) is 0.856. The molecular formula is C14H12N3O3S-. The number of pyridine rings is 1. The van der Waals surface area contributed by atoms with Gasteiger partial charge in [-0.05, 0) is 36.8 Å². The van der Waals surface area contributed by atoms with Gasteiger partial charge < -0.3 is 14.0 Å². The van der Waals surface area contributed by atoms with E-state index in [9.17, 15) is 8.76 Å². The molecule has 0 aliphatic rings. The van der Waals surface area contributed by atoms with Gasteiger partial charge in [0.2, 0.25) is 5.88 Å². The fraction of sp³-hybridized carbons (Fsp3) is 0.143. The van der Waals surface area contributed by atoms with Crippen molar-refractivity contribution in [2.24, 2.45) is 0 Å². The molecule has 1 atom stereocenters. The summed E-state index contributed by atoms with van der Waals surface area (Å²) in [5, 5.41) is 8.94. The van der Waals surface area contributed by atoms with Crippen LogP contribution in [0.15, 0.2) is 36.4 Å². The van der Waals surface area contributed by atoms with Crippen LogP contribution in [-0.2, 0) is 17.7 Å². The number of nitrogens with zero attached hydrogens (tertiary/aromatic N) is 2. The first-order valence-corrected chi connectivity index (χ1v) is 7.23. The van der Waals surface area contributed by atoms with Crippen LogP contribution in [-0.4, -0.2) is 13.7 Å². The molecule has 0 amide bonds. The Kier molecular flexibility index (Phi) is 4.87. The summed E-state index contributed by atoms with van der Waals surface area (Å²) in [6.07, 6.45) is 0.637. The molecule has 6 nitrogen and oxygen atoms in total. The number of aromatic nitrogens is 1. The van der Waals surface area contributed by atoms with Gasteiger partial charge in [-0.15, -0.1) is 0 Å². The summed E-state index contributed by atoms with van der Waals surface area (Å²) >= 11 is -2.35. The molecule has 2 rings (SSSR count). The van der Waals surface area contributed by atoms with Crippen molar-refractivity contribution in [1.82, 2.24) is 4.98 Å². The maximum absolute atomic E-state index is 10.5. The van der Waals surface area contributed by atoms with Crippen LogP contribution in [0.3, 0.4) is 0 Å². The molecule has 0 spiro atoms. The van der Waals surface area contributed by atoms with Gasteiger partial charge in [0, 0.05) is 23.0 Å². The Morgan fingerprint density at radius 1 is 1.33 bits per heavy atom. The van der Waals surface area contributed by atoms with E-state index < -0.39 is 11.3 Å². The van der Waals surface area contributed by atoms with Crippen LogP contribution in [0.5, 0.6) is 11.6 Å². The van der Waals surface area contributed by atoms with Crippen molar-refractivity contribution < 1.29 is 13.5 Å². The highest BCUT2D eigenvalue weighted by Crippen LogP contribution is 2.23.